The lowest BCUT2D eigenvalue weighted by Crippen LogP contribution is -2.34. The highest BCUT2D eigenvalue weighted by atomic mass is 16.6. The molecule has 0 atom stereocenters. The van der Waals surface area contributed by atoms with Gasteiger partial charge in [0.15, 0.2) is 0 Å². The second kappa shape index (κ2) is 13.2. The van der Waals surface area contributed by atoms with Crippen molar-refractivity contribution in [3.8, 4) is 0 Å². The molecule has 0 aliphatic heterocycles. The molecule has 0 aromatic heterocycles. The van der Waals surface area contributed by atoms with E-state index >= 15 is 0 Å². The van der Waals surface area contributed by atoms with E-state index < -0.39 is 16.9 Å². The molecular formula is C30H30N4O6. The Kier molecular flexibility index (Phi) is 9.24. The number of non-ortho nitro benzene ring substituents is 1. The molecule has 10 nitrogen and oxygen atoms in total. The van der Waals surface area contributed by atoms with E-state index in [1.54, 1.807) is 30.3 Å². The molecule has 3 amide bonds. The molecule has 0 spiro atoms. The number of rotatable bonds is 10. The Morgan fingerprint density at radius 3 is 2.38 bits per heavy atom. The Labute approximate surface area is 231 Å². The van der Waals surface area contributed by atoms with E-state index in [9.17, 15) is 24.5 Å². The van der Waals surface area contributed by atoms with Crippen LogP contribution in [0.5, 0.6) is 0 Å². The SMILES string of the molecule is O=C(O)CCNC(=O)c1ccc(CN(C(=O)Nc2cccc([N+](=O)[O-])c2)c2ccc(C3=CCCCC3)cc2)cc1. The topological polar surface area (TPSA) is 142 Å². The van der Waals surface area contributed by atoms with Crippen LogP contribution >= 0.6 is 0 Å². The number of anilines is 2. The van der Waals surface area contributed by atoms with Crippen molar-refractivity contribution in [2.75, 3.05) is 16.8 Å². The van der Waals surface area contributed by atoms with Gasteiger partial charge >= 0.3 is 12.0 Å². The van der Waals surface area contributed by atoms with Crippen LogP contribution in [0.1, 0.15) is 53.6 Å². The maximum Gasteiger partial charge on any atom is 0.326 e. The summed E-state index contributed by atoms with van der Waals surface area (Å²) in [4.78, 5) is 48.6. The molecule has 0 saturated carbocycles. The Morgan fingerprint density at radius 2 is 1.73 bits per heavy atom. The van der Waals surface area contributed by atoms with Crippen LogP contribution in [0, 0.1) is 10.1 Å². The molecule has 0 saturated heterocycles. The molecule has 0 fully saturated rings. The van der Waals surface area contributed by atoms with E-state index in [0.29, 0.717) is 16.9 Å². The lowest BCUT2D eigenvalue weighted by atomic mass is 9.93. The van der Waals surface area contributed by atoms with E-state index in [0.717, 1.165) is 30.4 Å². The molecule has 40 heavy (non-hydrogen) atoms. The third-order valence-electron chi connectivity index (χ3n) is 6.58. The fourth-order valence-corrected chi connectivity index (χ4v) is 4.45. The maximum absolute atomic E-state index is 13.5. The molecule has 0 radical (unpaired) electrons. The van der Waals surface area contributed by atoms with Crippen LogP contribution in [0.25, 0.3) is 5.57 Å². The van der Waals surface area contributed by atoms with Crippen molar-refractivity contribution >= 4 is 40.5 Å². The van der Waals surface area contributed by atoms with E-state index in [1.807, 2.05) is 24.3 Å². The number of hydrogen-bond donors (Lipinski definition) is 3. The summed E-state index contributed by atoms with van der Waals surface area (Å²) in [7, 11) is 0. The third kappa shape index (κ3) is 7.53. The number of nitro groups is 1. The van der Waals surface area contributed by atoms with Crippen LogP contribution < -0.4 is 15.5 Å². The van der Waals surface area contributed by atoms with Gasteiger partial charge in [-0.25, -0.2) is 4.79 Å². The van der Waals surface area contributed by atoms with Crippen LogP contribution in [0.15, 0.2) is 78.9 Å². The molecule has 10 heteroatoms. The minimum Gasteiger partial charge on any atom is -0.481 e. The average Bonchev–Trinajstić information content (AvgIpc) is 2.96. The Balaban J connectivity index is 1.54. The first kappa shape index (κ1) is 28.0. The van der Waals surface area contributed by atoms with Crippen molar-refractivity contribution < 1.29 is 24.4 Å². The van der Waals surface area contributed by atoms with Gasteiger partial charge in [-0.3, -0.25) is 24.6 Å². The summed E-state index contributed by atoms with van der Waals surface area (Å²) in [6.45, 7) is 0.193. The highest BCUT2D eigenvalue weighted by Gasteiger charge is 2.19. The molecule has 3 aromatic carbocycles. The summed E-state index contributed by atoms with van der Waals surface area (Å²) < 4.78 is 0. The van der Waals surface area contributed by atoms with Crippen molar-refractivity contribution in [2.24, 2.45) is 0 Å². The monoisotopic (exact) mass is 542 g/mol. The van der Waals surface area contributed by atoms with Gasteiger partial charge in [0.25, 0.3) is 11.6 Å². The Hall–Kier alpha value is -4.99. The molecule has 1 aliphatic carbocycles. The number of urea groups is 1. The maximum atomic E-state index is 13.5. The van der Waals surface area contributed by atoms with Gasteiger partial charge in [-0.2, -0.15) is 0 Å². The van der Waals surface area contributed by atoms with E-state index in [4.69, 9.17) is 5.11 Å². The summed E-state index contributed by atoms with van der Waals surface area (Å²) in [5, 5.41) is 25.2. The van der Waals surface area contributed by atoms with Crippen LogP contribution in [-0.2, 0) is 11.3 Å². The smallest absolute Gasteiger partial charge is 0.326 e. The van der Waals surface area contributed by atoms with Gasteiger partial charge in [-0.1, -0.05) is 36.4 Å². The molecule has 0 unspecified atom stereocenters. The van der Waals surface area contributed by atoms with Gasteiger partial charge in [-0.15, -0.1) is 0 Å². The largest absolute Gasteiger partial charge is 0.481 e. The van der Waals surface area contributed by atoms with Crippen LogP contribution in [0.3, 0.4) is 0 Å². The van der Waals surface area contributed by atoms with E-state index in [2.05, 4.69) is 16.7 Å². The van der Waals surface area contributed by atoms with Gasteiger partial charge < -0.3 is 15.7 Å². The van der Waals surface area contributed by atoms with Crippen molar-refractivity contribution in [1.29, 1.82) is 0 Å². The number of nitrogens with zero attached hydrogens (tertiary/aromatic N) is 2. The van der Waals surface area contributed by atoms with Crippen LogP contribution in [0.2, 0.25) is 0 Å². The second-order valence-corrected chi connectivity index (χ2v) is 9.44. The predicted octanol–water partition coefficient (Wildman–Crippen LogP) is 6.00. The van der Waals surface area contributed by atoms with Crippen LogP contribution in [0.4, 0.5) is 21.9 Å². The minimum absolute atomic E-state index is 0.0222. The fraction of sp³-hybridized carbons (Fsp3) is 0.233. The summed E-state index contributed by atoms with van der Waals surface area (Å²) in [5.74, 6) is -1.39. The number of carboxylic acid groups (broad SMARTS) is 1. The fourth-order valence-electron chi connectivity index (χ4n) is 4.45. The molecule has 0 bridgehead atoms. The number of allylic oxidation sites excluding steroid dienone is 2. The van der Waals surface area contributed by atoms with Crippen molar-refractivity contribution in [1.82, 2.24) is 5.32 Å². The lowest BCUT2D eigenvalue weighted by molar-refractivity contribution is -0.384. The number of benzene rings is 3. The normalized spacial score (nSPS) is 12.7. The Morgan fingerprint density at radius 1 is 0.975 bits per heavy atom. The number of nitrogens with one attached hydrogen (secondary N) is 2. The summed E-state index contributed by atoms with van der Waals surface area (Å²) >= 11 is 0. The number of amides is 3. The molecule has 1 aliphatic rings. The van der Waals surface area contributed by atoms with Gasteiger partial charge in [0, 0.05) is 35.6 Å². The first-order chi connectivity index (χ1) is 19.3. The predicted molar refractivity (Wildman–Crippen MR) is 152 cm³/mol. The quantitative estimate of drug-likeness (QED) is 0.212. The molecular weight excluding hydrogens is 512 g/mol. The minimum atomic E-state index is -0.998. The number of carbonyl (C=O) groups is 3. The molecule has 0 heterocycles. The molecule has 3 N–H and O–H groups in total. The first-order valence-electron chi connectivity index (χ1n) is 13.0. The van der Waals surface area contributed by atoms with Gasteiger partial charge in [0.2, 0.25) is 0 Å². The zero-order valence-electron chi connectivity index (χ0n) is 21.8. The van der Waals surface area contributed by atoms with Crippen molar-refractivity contribution in [2.45, 2.75) is 38.6 Å². The van der Waals surface area contributed by atoms with Gasteiger partial charge in [0.1, 0.15) is 0 Å². The summed E-state index contributed by atoms with van der Waals surface area (Å²) in [6.07, 6.45) is 6.50. The number of carboxylic acids is 1. The molecule has 206 valence electrons. The average molecular weight is 543 g/mol. The van der Waals surface area contributed by atoms with Crippen molar-refractivity contribution in [3.63, 3.8) is 0 Å². The van der Waals surface area contributed by atoms with E-state index in [-0.39, 0.29) is 31.1 Å². The van der Waals surface area contributed by atoms with Crippen molar-refractivity contribution in [3.05, 3.63) is 106 Å². The molecule has 4 rings (SSSR count). The Bertz CT molecular complexity index is 1420. The van der Waals surface area contributed by atoms with Crippen LogP contribution in [-0.4, -0.2) is 34.5 Å². The van der Waals surface area contributed by atoms with Gasteiger partial charge in [0.05, 0.1) is 17.9 Å². The number of carbonyl (C=O) groups excluding carboxylic acids is 2. The zero-order valence-corrected chi connectivity index (χ0v) is 21.8. The lowest BCUT2D eigenvalue weighted by Gasteiger charge is -2.24. The third-order valence-corrected chi connectivity index (χ3v) is 6.58. The number of aliphatic carboxylic acids is 1. The molecule has 3 aromatic rings. The highest BCUT2D eigenvalue weighted by Crippen LogP contribution is 2.29. The van der Waals surface area contributed by atoms with E-state index in [1.165, 1.54) is 35.1 Å². The number of nitro benzene ring substituents is 1. The standard InChI is InChI=1S/C30H30N4O6/c35-28(36)17-18-31-29(37)24-11-9-21(10-12-24)20-33(30(38)32-25-7-4-8-27(19-25)34(39)40)26-15-13-23(14-16-26)22-5-2-1-3-6-22/h4-5,7-16,19H,1-3,6,17-18,20H2,(H,31,37)(H,32,38)(H,35,36). The number of hydrogen-bond acceptors (Lipinski definition) is 5. The zero-order chi connectivity index (χ0) is 28.5. The second-order valence-electron chi connectivity index (χ2n) is 9.44. The highest BCUT2D eigenvalue weighted by molar-refractivity contribution is 6.02. The van der Waals surface area contributed by atoms with Gasteiger partial charge in [-0.05, 0) is 72.7 Å². The summed E-state index contributed by atoms with van der Waals surface area (Å²) in [5.41, 5.74) is 4.32. The summed E-state index contributed by atoms with van der Waals surface area (Å²) in [6, 6.07) is 19.7. The first-order valence-corrected chi connectivity index (χ1v) is 13.0.